The van der Waals surface area contributed by atoms with Crippen molar-refractivity contribution < 1.29 is 40.3 Å². The van der Waals surface area contributed by atoms with Crippen LogP contribution in [-0.2, 0) is 26.1 Å². The van der Waals surface area contributed by atoms with Gasteiger partial charge in [-0.3, -0.25) is 4.79 Å². The number of alkyl halides is 3. The first kappa shape index (κ1) is 21.8. The summed E-state index contributed by atoms with van der Waals surface area (Å²) in [5.41, 5.74) is 0. The van der Waals surface area contributed by atoms with E-state index in [0.717, 1.165) is 16.4 Å². The zero-order valence-electron chi connectivity index (χ0n) is 14.8. The Balaban J connectivity index is 2.36. The molecule has 0 aliphatic rings. The molecule has 0 fully saturated rings. The van der Waals surface area contributed by atoms with E-state index in [4.69, 9.17) is 9.15 Å². The SMILES string of the molecule is CCOC(=O)CCN(Cc1ccco1)S(=O)(=O)c1ccccc1OC(F)(F)F. The molecule has 1 aromatic carbocycles. The first-order chi connectivity index (χ1) is 13.1. The molecule has 0 saturated heterocycles. The van der Waals surface area contributed by atoms with Crippen LogP contribution in [0, 0.1) is 0 Å². The van der Waals surface area contributed by atoms with E-state index in [1.54, 1.807) is 6.92 Å². The number of halogens is 3. The number of esters is 1. The molecular weight excluding hydrogens is 403 g/mol. The lowest BCUT2D eigenvalue weighted by Crippen LogP contribution is -2.33. The number of nitrogens with zero attached hydrogens (tertiary/aromatic N) is 1. The highest BCUT2D eigenvalue weighted by molar-refractivity contribution is 7.89. The molecule has 0 spiro atoms. The largest absolute Gasteiger partial charge is 0.573 e. The number of sulfonamides is 1. The van der Waals surface area contributed by atoms with Crippen LogP contribution in [0.5, 0.6) is 5.75 Å². The number of benzene rings is 1. The topological polar surface area (TPSA) is 86.0 Å². The second kappa shape index (κ2) is 9.11. The molecule has 1 heterocycles. The van der Waals surface area contributed by atoms with Crippen molar-refractivity contribution in [3.63, 3.8) is 0 Å². The lowest BCUT2D eigenvalue weighted by atomic mass is 10.3. The zero-order valence-corrected chi connectivity index (χ0v) is 15.6. The first-order valence-corrected chi connectivity index (χ1v) is 9.60. The third kappa shape index (κ3) is 5.99. The number of carbonyl (C=O) groups excluding carboxylic acids is 1. The maximum Gasteiger partial charge on any atom is 0.573 e. The zero-order chi connectivity index (χ0) is 20.8. The van der Waals surface area contributed by atoms with Crippen molar-refractivity contribution in [2.75, 3.05) is 13.2 Å². The minimum Gasteiger partial charge on any atom is -0.468 e. The van der Waals surface area contributed by atoms with Crippen molar-refractivity contribution in [2.24, 2.45) is 0 Å². The van der Waals surface area contributed by atoms with Crippen molar-refractivity contribution in [1.29, 1.82) is 0 Å². The minimum absolute atomic E-state index is 0.117. The van der Waals surface area contributed by atoms with Crippen LogP contribution in [0.2, 0.25) is 0 Å². The van der Waals surface area contributed by atoms with Gasteiger partial charge in [-0.05, 0) is 31.2 Å². The van der Waals surface area contributed by atoms with Crippen molar-refractivity contribution in [3.8, 4) is 5.75 Å². The highest BCUT2D eigenvalue weighted by atomic mass is 32.2. The standard InChI is InChI=1S/C17H18F3NO6S/c1-2-25-16(22)9-10-21(12-13-6-5-11-26-13)28(23,24)15-8-4-3-7-14(15)27-17(18,19)20/h3-8,11H,2,9-10,12H2,1H3. The van der Waals surface area contributed by atoms with Crippen LogP contribution in [0.4, 0.5) is 13.2 Å². The van der Waals surface area contributed by atoms with E-state index in [2.05, 4.69) is 4.74 Å². The number of hydrogen-bond acceptors (Lipinski definition) is 6. The summed E-state index contributed by atoms with van der Waals surface area (Å²) in [6, 6.07) is 7.42. The molecule has 7 nitrogen and oxygen atoms in total. The fourth-order valence-electron chi connectivity index (χ4n) is 2.32. The van der Waals surface area contributed by atoms with E-state index in [0.29, 0.717) is 0 Å². The summed E-state index contributed by atoms with van der Waals surface area (Å²) < 4.78 is 78.6. The molecule has 28 heavy (non-hydrogen) atoms. The number of ether oxygens (including phenoxy) is 2. The fraction of sp³-hybridized carbons (Fsp3) is 0.353. The summed E-state index contributed by atoms with van der Waals surface area (Å²) in [7, 11) is -4.45. The summed E-state index contributed by atoms with van der Waals surface area (Å²) in [6.07, 6.45) is -4.02. The quantitative estimate of drug-likeness (QED) is 0.578. The van der Waals surface area contributed by atoms with E-state index in [1.165, 1.54) is 30.5 Å². The summed E-state index contributed by atoms with van der Waals surface area (Å²) in [6.45, 7) is 1.11. The Kier molecular flexibility index (Phi) is 7.08. The van der Waals surface area contributed by atoms with Gasteiger partial charge in [-0.2, -0.15) is 4.31 Å². The molecule has 2 rings (SSSR count). The number of furan rings is 1. The molecule has 0 amide bonds. The lowest BCUT2D eigenvalue weighted by Gasteiger charge is -2.22. The molecule has 2 aromatic rings. The number of carbonyl (C=O) groups is 1. The third-order valence-corrected chi connectivity index (χ3v) is 5.36. The highest BCUT2D eigenvalue weighted by Crippen LogP contribution is 2.32. The Morgan fingerprint density at radius 3 is 2.50 bits per heavy atom. The van der Waals surface area contributed by atoms with Crippen LogP contribution in [0.1, 0.15) is 19.1 Å². The van der Waals surface area contributed by atoms with E-state index in [9.17, 15) is 26.4 Å². The van der Waals surface area contributed by atoms with Crippen LogP contribution < -0.4 is 4.74 Å². The summed E-state index contributed by atoms with van der Waals surface area (Å²) in [5, 5.41) is 0. The Hall–Kier alpha value is -2.53. The average Bonchev–Trinajstić information content (AvgIpc) is 3.10. The molecule has 11 heteroatoms. The minimum atomic E-state index is -5.07. The normalized spacial score (nSPS) is 12.2. The lowest BCUT2D eigenvalue weighted by molar-refractivity contribution is -0.275. The Morgan fingerprint density at radius 1 is 1.18 bits per heavy atom. The predicted octanol–water partition coefficient (Wildman–Crippen LogP) is 3.32. The van der Waals surface area contributed by atoms with Gasteiger partial charge in [-0.25, -0.2) is 8.42 Å². The Bertz CT molecular complexity index is 881. The van der Waals surface area contributed by atoms with Gasteiger partial charge in [0, 0.05) is 6.54 Å². The van der Waals surface area contributed by atoms with Gasteiger partial charge < -0.3 is 13.9 Å². The second-order valence-electron chi connectivity index (χ2n) is 5.47. The van der Waals surface area contributed by atoms with Gasteiger partial charge in [0.1, 0.15) is 16.4 Å². The summed E-state index contributed by atoms with van der Waals surface area (Å²) in [4.78, 5) is 10.9. The van der Waals surface area contributed by atoms with Gasteiger partial charge >= 0.3 is 12.3 Å². The molecule has 0 unspecified atom stereocenters. The molecule has 0 saturated carbocycles. The monoisotopic (exact) mass is 421 g/mol. The molecule has 0 aliphatic carbocycles. The number of hydrogen-bond donors (Lipinski definition) is 0. The summed E-state index contributed by atoms with van der Waals surface area (Å²) >= 11 is 0. The van der Waals surface area contributed by atoms with Crippen molar-refractivity contribution in [1.82, 2.24) is 4.31 Å². The third-order valence-electron chi connectivity index (χ3n) is 3.48. The smallest absolute Gasteiger partial charge is 0.468 e. The van der Waals surface area contributed by atoms with Gasteiger partial charge in [0.15, 0.2) is 0 Å². The Labute approximate surface area is 159 Å². The van der Waals surface area contributed by atoms with E-state index < -0.39 is 33.0 Å². The Morgan fingerprint density at radius 2 is 1.89 bits per heavy atom. The van der Waals surface area contributed by atoms with Crippen LogP contribution in [0.15, 0.2) is 52.0 Å². The van der Waals surface area contributed by atoms with Gasteiger partial charge in [0.05, 0.1) is 25.8 Å². The summed E-state index contributed by atoms with van der Waals surface area (Å²) in [5.74, 6) is -1.25. The first-order valence-electron chi connectivity index (χ1n) is 8.16. The van der Waals surface area contributed by atoms with Crippen molar-refractivity contribution in [2.45, 2.75) is 31.1 Å². The number of rotatable bonds is 9. The highest BCUT2D eigenvalue weighted by Gasteiger charge is 2.36. The van der Waals surface area contributed by atoms with E-state index in [1.807, 2.05) is 0 Å². The van der Waals surface area contributed by atoms with Gasteiger partial charge in [0.2, 0.25) is 10.0 Å². The van der Waals surface area contributed by atoms with E-state index in [-0.39, 0.29) is 31.9 Å². The maximum absolute atomic E-state index is 13.0. The molecule has 0 radical (unpaired) electrons. The molecular formula is C17H18F3NO6S. The van der Waals surface area contributed by atoms with Gasteiger partial charge in [0.25, 0.3) is 0 Å². The molecule has 0 aliphatic heterocycles. The van der Waals surface area contributed by atoms with Crippen molar-refractivity contribution >= 4 is 16.0 Å². The number of para-hydroxylation sites is 1. The van der Waals surface area contributed by atoms with Crippen LogP contribution in [-0.4, -0.2) is 38.2 Å². The fourth-order valence-corrected chi connectivity index (χ4v) is 3.84. The maximum atomic E-state index is 13.0. The average molecular weight is 421 g/mol. The molecule has 1 aromatic heterocycles. The predicted molar refractivity (Wildman–Crippen MR) is 90.7 cm³/mol. The van der Waals surface area contributed by atoms with Gasteiger partial charge in [-0.1, -0.05) is 12.1 Å². The van der Waals surface area contributed by atoms with E-state index >= 15 is 0 Å². The van der Waals surface area contributed by atoms with Gasteiger partial charge in [-0.15, -0.1) is 13.2 Å². The second-order valence-corrected chi connectivity index (χ2v) is 7.37. The molecule has 0 bridgehead atoms. The van der Waals surface area contributed by atoms with Crippen LogP contribution >= 0.6 is 0 Å². The van der Waals surface area contributed by atoms with Crippen molar-refractivity contribution in [3.05, 3.63) is 48.4 Å². The molecule has 0 atom stereocenters. The van der Waals surface area contributed by atoms with Crippen LogP contribution in [0.3, 0.4) is 0 Å². The molecule has 154 valence electrons. The van der Waals surface area contributed by atoms with Crippen LogP contribution in [0.25, 0.3) is 0 Å². The molecule has 0 N–H and O–H groups in total.